The number of H-pyrrole nitrogens is 1. The second-order valence-corrected chi connectivity index (χ2v) is 5.43. The Hall–Kier alpha value is -1.92. The molecule has 3 rings (SSSR count). The molecule has 1 saturated heterocycles. The Labute approximate surface area is 123 Å². The molecule has 0 aliphatic carbocycles. The molecular weight excluding hydrogens is 268 g/mol. The molecule has 0 aromatic carbocycles. The molecule has 1 aliphatic rings. The van der Waals surface area contributed by atoms with Crippen molar-refractivity contribution in [2.45, 2.75) is 32.0 Å². The van der Waals surface area contributed by atoms with Crippen molar-refractivity contribution in [3.8, 4) is 5.75 Å². The van der Waals surface area contributed by atoms with Gasteiger partial charge in [0, 0.05) is 38.3 Å². The summed E-state index contributed by atoms with van der Waals surface area (Å²) in [5.74, 6) is 1.17. The van der Waals surface area contributed by atoms with Crippen LogP contribution in [0, 0.1) is 6.92 Å². The fourth-order valence-corrected chi connectivity index (χ4v) is 2.86. The summed E-state index contributed by atoms with van der Waals surface area (Å²) in [6, 6.07) is 3.67. The predicted molar refractivity (Wildman–Crippen MR) is 77.8 cm³/mol. The molecular formula is C15H20N4O2. The number of aromatic hydroxyl groups is 1. The third-order valence-electron chi connectivity index (χ3n) is 3.98. The Bertz CT molecular complexity index is 600. The first-order chi connectivity index (χ1) is 10.2. The highest BCUT2D eigenvalue weighted by Crippen LogP contribution is 2.33. The number of aryl methyl sites for hydroxylation is 1. The number of methoxy groups -OCH3 is 1. The topological polar surface area (TPSA) is 74.3 Å². The van der Waals surface area contributed by atoms with Crippen LogP contribution < -0.4 is 0 Å². The SMILES string of the molecule is CO[C@@H]1CC(c2ncc[nH]2)N(Cc2nc(C)ccc2O)C1. The Morgan fingerprint density at radius 1 is 1.48 bits per heavy atom. The summed E-state index contributed by atoms with van der Waals surface area (Å²) in [7, 11) is 1.73. The second-order valence-electron chi connectivity index (χ2n) is 5.43. The highest BCUT2D eigenvalue weighted by atomic mass is 16.5. The zero-order chi connectivity index (χ0) is 14.8. The van der Waals surface area contributed by atoms with Gasteiger partial charge >= 0.3 is 0 Å². The van der Waals surface area contributed by atoms with Crippen LogP contribution in [0.2, 0.25) is 0 Å². The average molecular weight is 288 g/mol. The number of imidazole rings is 1. The van der Waals surface area contributed by atoms with Gasteiger partial charge in [0.1, 0.15) is 11.6 Å². The molecule has 2 aromatic rings. The quantitative estimate of drug-likeness (QED) is 0.897. The minimum absolute atomic E-state index is 0.159. The zero-order valence-electron chi connectivity index (χ0n) is 12.3. The number of hydrogen-bond donors (Lipinski definition) is 2. The fourth-order valence-electron chi connectivity index (χ4n) is 2.86. The zero-order valence-corrected chi connectivity index (χ0v) is 12.3. The van der Waals surface area contributed by atoms with E-state index in [9.17, 15) is 5.11 Å². The number of aromatic nitrogens is 3. The molecule has 1 fully saturated rings. The van der Waals surface area contributed by atoms with Gasteiger partial charge in [-0.05, 0) is 25.5 Å². The van der Waals surface area contributed by atoms with Gasteiger partial charge in [0.25, 0.3) is 0 Å². The number of ether oxygens (including phenoxy) is 1. The van der Waals surface area contributed by atoms with E-state index in [0.29, 0.717) is 12.2 Å². The smallest absolute Gasteiger partial charge is 0.138 e. The number of hydrogen-bond acceptors (Lipinski definition) is 5. The monoisotopic (exact) mass is 288 g/mol. The lowest BCUT2D eigenvalue weighted by Crippen LogP contribution is -2.26. The molecule has 1 aliphatic heterocycles. The molecule has 0 radical (unpaired) electrons. The van der Waals surface area contributed by atoms with Crippen LogP contribution in [0.15, 0.2) is 24.5 Å². The van der Waals surface area contributed by atoms with Crippen molar-refractivity contribution in [1.29, 1.82) is 0 Å². The molecule has 2 N–H and O–H groups in total. The Kier molecular flexibility index (Phi) is 3.90. The molecule has 112 valence electrons. The van der Waals surface area contributed by atoms with Crippen molar-refractivity contribution in [2.75, 3.05) is 13.7 Å². The number of aromatic amines is 1. The Morgan fingerprint density at radius 3 is 3.05 bits per heavy atom. The Morgan fingerprint density at radius 2 is 2.33 bits per heavy atom. The molecule has 1 unspecified atom stereocenters. The summed E-state index contributed by atoms with van der Waals surface area (Å²) in [5, 5.41) is 9.99. The summed E-state index contributed by atoms with van der Waals surface area (Å²) in [5.41, 5.74) is 1.60. The largest absolute Gasteiger partial charge is 0.506 e. The van der Waals surface area contributed by atoms with Crippen LogP contribution in [-0.4, -0.2) is 44.7 Å². The maximum absolute atomic E-state index is 9.99. The van der Waals surface area contributed by atoms with Gasteiger partial charge in [-0.15, -0.1) is 0 Å². The predicted octanol–water partition coefficient (Wildman–Crippen LogP) is 1.78. The molecule has 2 atom stereocenters. The van der Waals surface area contributed by atoms with Crippen LogP contribution in [0.3, 0.4) is 0 Å². The van der Waals surface area contributed by atoms with Crippen molar-refractivity contribution in [1.82, 2.24) is 19.9 Å². The van der Waals surface area contributed by atoms with Gasteiger partial charge in [0.05, 0.1) is 17.8 Å². The lowest BCUT2D eigenvalue weighted by molar-refractivity contribution is 0.107. The van der Waals surface area contributed by atoms with E-state index >= 15 is 0 Å². The normalized spacial score (nSPS) is 22.8. The summed E-state index contributed by atoms with van der Waals surface area (Å²) in [6.45, 7) is 3.31. The average Bonchev–Trinajstić information content (AvgIpc) is 3.11. The van der Waals surface area contributed by atoms with E-state index in [4.69, 9.17) is 4.74 Å². The number of pyridine rings is 1. The first-order valence-electron chi connectivity index (χ1n) is 7.09. The third kappa shape index (κ3) is 2.91. The highest BCUT2D eigenvalue weighted by molar-refractivity contribution is 5.27. The number of nitrogens with one attached hydrogen (secondary N) is 1. The van der Waals surface area contributed by atoms with E-state index in [0.717, 1.165) is 24.5 Å². The van der Waals surface area contributed by atoms with Crippen molar-refractivity contribution >= 4 is 0 Å². The summed E-state index contributed by atoms with van der Waals surface area (Å²) in [4.78, 5) is 14.2. The maximum Gasteiger partial charge on any atom is 0.138 e. The molecule has 21 heavy (non-hydrogen) atoms. The van der Waals surface area contributed by atoms with Crippen LogP contribution >= 0.6 is 0 Å². The molecule has 0 amide bonds. The lowest BCUT2D eigenvalue weighted by Gasteiger charge is -2.22. The van der Waals surface area contributed by atoms with Crippen molar-refractivity contribution in [3.63, 3.8) is 0 Å². The number of likely N-dealkylation sites (tertiary alicyclic amines) is 1. The van der Waals surface area contributed by atoms with Gasteiger partial charge in [-0.25, -0.2) is 4.98 Å². The van der Waals surface area contributed by atoms with Gasteiger partial charge in [-0.2, -0.15) is 0 Å². The summed E-state index contributed by atoms with van der Waals surface area (Å²) < 4.78 is 5.50. The van der Waals surface area contributed by atoms with Crippen LogP contribution in [0.25, 0.3) is 0 Å². The van der Waals surface area contributed by atoms with Crippen LogP contribution in [0.5, 0.6) is 5.75 Å². The molecule has 2 aromatic heterocycles. The molecule has 0 spiro atoms. The first-order valence-corrected chi connectivity index (χ1v) is 7.09. The van der Waals surface area contributed by atoms with Gasteiger partial charge < -0.3 is 14.8 Å². The van der Waals surface area contributed by atoms with E-state index in [1.807, 2.05) is 19.2 Å². The minimum Gasteiger partial charge on any atom is -0.506 e. The molecule has 3 heterocycles. The van der Waals surface area contributed by atoms with E-state index in [2.05, 4.69) is 19.9 Å². The third-order valence-corrected chi connectivity index (χ3v) is 3.98. The number of rotatable bonds is 4. The van der Waals surface area contributed by atoms with E-state index in [1.54, 1.807) is 19.4 Å². The standard InChI is InChI=1S/C15H20N4O2/c1-10-3-4-14(20)12(18-10)9-19-8-11(21-2)7-13(19)15-16-5-6-17-15/h3-6,11,13,20H,7-9H2,1-2H3,(H,16,17)/t11-,13?/m1/s1. The van der Waals surface area contributed by atoms with E-state index in [-0.39, 0.29) is 17.9 Å². The van der Waals surface area contributed by atoms with Crippen LogP contribution in [-0.2, 0) is 11.3 Å². The Balaban J connectivity index is 1.83. The second kappa shape index (κ2) is 5.83. The van der Waals surface area contributed by atoms with Gasteiger partial charge in [-0.3, -0.25) is 9.88 Å². The van der Waals surface area contributed by atoms with Gasteiger partial charge in [0.15, 0.2) is 0 Å². The molecule has 6 nitrogen and oxygen atoms in total. The van der Waals surface area contributed by atoms with Crippen LogP contribution in [0.4, 0.5) is 0 Å². The summed E-state index contributed by atoms with van der Waals surface area (Å²) >= 11 is 0. The summed E-state index contributed by atoms with van der Waals surface area (Å²) in [6.07, 6.45) is 4.65. The van der Waals surface area contributed by atoms with Gasteiger partial charge in [-0.1, -0.05) is 0 Å². The van der Waals surface area contributed by atoms with Crippen molar-refractivity contribution < 1.29 is 9.84 Å². The first kappa shape index (κ1) is 14.0. The van der Waals surface area contributed by atoms with Gasteiger partial charge in [0.2, 0.25) is 0 Å². The van der Waals surface area contributed by atoms with Crippen molar-refractivity contribution in [3.05, 3.63) is 41.7 Å². The van der Waals surface area contributed by atoms with Crippen molar-refractivity contribution in [2.24, 2.45) is 0 Å². The molecule has 0 bridgehead atoms. The number of nitrogens with zero attached hydrogens (tertiary/aromatic N) is 3. The van der Waals surface area contributed by atoms with E-state index < -0.39 is 0 Å². The van der Waals surface area contributed by atoms with Crippen LogP contribution in [0.1, 0.15) is 29.7 Å². The minimum atomic E-state index is 0.159. The maximum atomic E-state index is 9.99. The molecule has 0 saturated carbocycles. The fraction of sp³-hybridized carbons (Fsp3) is 0.467. The highest BCUT2D eigenvalue weighted by Gasteiger charge is 2.35. The lowest BCUT2D eigenvalue weighted by atomic mass is 10.2. The molecule has 6 heteroatoms. The van der Waals surface area contributed by atoms with E-state index in [1.165, 1.54) is 0 Å².